The highest BCUT2D eigenvalue weighted by Gasteiger charge is 2.73. The minimum atomic E-state index is -3.86. The van der Waals surface area contributed by atoms with Gasteiger partial charge < -0.3 is 4.74 Å². The molecule has 0 bridgehead atoms. The molecule has 0 N–H and O–H groups in total. The first kappa shape index (κ1) is 17.3. The summed E-state index contributed by atoms with van der Waals surface area (Å²) in [5.41, 5.74) is -0.987. The average Bonchev–Trinajstić information content (AvgIpc) is 3.33. The van der Waals surface area contributed by atoms with Gasteiger partial charge >= 0.3 is 0 Å². The Bertz CT molecular complexity index is 973. The van der Waals surface area contributed by atoms with Crippen molar-refractivity contribution in [3.63, 3.8) is 0 Å². The van der Waals surface area contributed by atoms with Gasteiger partial charge in [0.2, 0.25) is 0 Å². The summed E-state index contributed by atoms with van der Waals surface area (Å²) < 4.78 is 31.0. The molecule has 25 heavy (non-hydrogen) atoms. The van der Waals surface area contributed by atoms with Crippen LogP contribution in [0.15, 0.2) is 53.4 Å². The zero-order valence-electron chi connectivity index (χ0n) is 13.2. The first-order valence-electron chi connectivity index (χ1n) is 7.36. The normalized spacial score (nSPS) is 21.0. The molecule has 1 aliphatic carbocycles. The molecule has 2 atom stereocenters. The first-order valence-corrected chi connectivity index (χ1v) is 9.29. The van der Waals surface area contributed by atoms with E-state index in [9.17, 15) is 18.9 Å². The summed E-state index contributed by atoms with van der Waals surface area (Å²) in [6, 6.07) is 16.3. The number of halogens is 1. The van der Waals surface area contributed by atoms with Crippen LogP contribution in [0.1, 0.15) is 11.5 Å². The molecule has 1 fully saturated rings. The fourth-order valence-electron chi connectivity index (χ4n) is 3.09. The van der Waals surface area contributed by atoms with Crippen molar-refractivity contribution in [2.45, 2.75) is 16.1 Å². The van der Waals surface area contributed by atoms with E-state index in [0.29, 0.717) is 16.3 Å². The number of methoxy groups -OCH3 is 1. The van der Waals surface area contributed by atoms with Gasteiger partial charge in [-0.15, -0.1) is 0 Å². The monoisotopic (exact) mass is 372 g/mol. The second kappa shape index (κ2) is 6.07. The Morgan fingerprint density at radius 1 is 1.04 bits per heavy atom. The lowest BCUT2D eigenvalue weighted by molar-refractivity contribution is 0.414. The average molecular weight is 373 g/mol. The lowest BCUT2D eigenvalue weighted by atomic mass is 10.0. The Labute approximate surface area is 150 Å². The third kappa shape index (κ3) is 2.64. The lowest BCUT2D eigenvalue weighted by Crippen LogP contribution is -2.14. The molecule has 0 spiro atoms. The number of benzene rings is 2. The van der Waals surface area contributed by atoms with Gasteiger partial charge in [0.15, 0.2) is 15.3 Å². The summed E-state index contributed by atoms with van der Waals surface area (Å²) in [7, 11) is -2.34. The van der Waals surface area contributed by atoms with Gasteiger partial charge in [0.25, 0.3) is 0 Å². The van der Waals surface area contributed by atoms with Gasteiger partial charge in [-0.25, -0.2) is 8.42 Å². The Morgan fingerprint density at radius 3 is 2.08 bits per heavy atom. The van der Waals surface area contributed by atoms with Crippen molar-refractivity contribution >= 4 is 21.4 Å². The van der Waals surface area contributed by atoms with Crippen LogP contribution in [0, 0.1) is 28.1 Å². The fourth-order valence-corrected chi connectivity index (χ4v) is 5.42. The number of sulfone groups is 1. The highest BCUT2D eigenvalue weighted by molar-refractivity contribution is 7.92. The van der Waals surface area contributed by atoms with E-state index >= 15 is 0 Å². The summed E-state index contributed by atoms with van der Waals surface area (Å²) in [5, 5.41) is 18.4. The van der Waals surface area contributed by atoms with Crippen LogP contribution in [0.25, 0.3) is 0 Å². The SMILES string of the molecule is COc1ccc([C@H]2[C@@H](S(=O)(=O)c3ccc(Cl)cc3)C2(C#N)C#N)cc1. The second-order valence-corrected chi connectivity index (χ2v) is 8.27. The van der Waals surface area contributed by atoms with E-state index in [1.165, 1.54) is 31.4 Å². The van der Waals surface area contributed by atoms with Crippen molar-refractivity contribution in [1.29, 1.82) is 10.5 Å². The molecule has 0 amide bonds. The van der Waals surface area contributed by atoms with Gasteiger partial charge in [-0.1, -0.05) is 23.7 Å². The molecule has 0 radical (unpaired) electrons. The predicted octanol–water partition coefficient (Wildman–Crippen LogP) is 3.32. The van der Waals surface area contributed by atoms with Gasteiger partial charge in [0, 0.05) is 10.9 Å². The maximum atomic E-state index is 13.0. The summed E-state index contributed by atoms with van der Waals surface area (Å²) >= 11 is 5.81. The van der Waals surface area contributed by atoms with Gasteiger partial charge in [-0.3, -0.25) is 0 Å². The third-order valence-corrected chi connectivity index (χ3v) is 6.95. The van der Waals surface area contributed by atoms with Gasteiger partial charge in [0.1, 0.15) is 11.0 Å². The number of rotatable bonds is 4. The number of nitrogens with zero attached hydrogens (tertiary/aromatic N) is 2. The lowest BCUT2D eigenvalue weighted by Gasteiger charge is -2.05. The van der Waals surface area contributed by atoms with E-state index in [4.69, 9.17) is 16.3 Å². The molecule has 126 valence electrons. The van der Waals surface area contributed by atoms with Gasteiger partial charge in [-0.05, 0) is 42.0 Å². The largest absolute Gasteiger partial charge is 0.497 e. The fraction of sp³-hybridized carbons (Fsp3) is 0.222. The molecule has 0 saturated heterocycles. The quantitative estimate of drug-likeness (QED) is 0.820. The van der Waals surface area contributed by atoms with E-state index in [-0.39, 0.29) is 4.90 Å². The topological polar surface area (TPSA) is 90.9 Å². The van der Waals surface area contributed by atoms with Crippen LogP contribution < -0.4 is 4.74 Å². The van der Waals surface area contributed by atoms with Crippen molar-refractivity contribution in [1.82, 2.24) is 0 Å². The Morgan fingerprint density at radius 2 is 1.60 bits per heavy atom. The zero-order chi connectivity index (χ0) is 18.2. The first-order chi connectivity index (χ1) is 11.9. The Hall–Kier alpha value is -2.54. The minimum absolute atomic E-state index is 0.0489. The molecule has 0 unspecified atom stereocenters. The summed E-state index contributed by atoms with van der Waals surface area (Å²) in [5.74, 6) is -0.102. The molecular weight excluding hydrogens is 360 g/mol. The van der Waals surface area contributed by atoms with Crippen LogP contribution in [0.4, 0.5) is 0 Å². The second-order valence-electron chi connectivity index (χ2n) is 5.76. The standard InChI is InChI=1S/C18H13ClN2O3S/c1-24-14-6-2-12(3-7-14)16-17(18(16,10-20)11-21)25(22,23)15-8-4-13(19)5-9-15/h2-9,16-17H,1H3/t16-,17+/m0/s1. The van der Waals surface area contributed by atoms with E-state index in [2.05, 4.69) is 0 Å². The van der Waals surface area contributed by atoms with Crippen molar-refractivity contribution in [3.8, 4) is 17.9 Å². The minimum Gasteiger partial charge on any atom is -0.497 e. The number of hydrogen-bond acceptors (Lipinski definition) is 5. The maximum Gasteiger partial charge on any atom is 0.184 e. The molecule has 0 heterocycles. The summed E-state index contributed by atoms with van der Waals surface area (Å²) in [6.07, 6.45) is 0. The predicted molar refractivity (Wildman–Crippen MR) is 91.8 cm³/mol. The van der Waals surface area contributed by atoms with Crippen molar-refractivity contribution in [2.24, 2.45) is 5.41 Å². The summed E-state index contributed by atoms with van der Waals surface area (Å²) in [6.45, 7) is 0. The van der Waals surface area contributed by atoms with Crippen LogP contribution in [0.5, 0.6) is 5.75 Å². The number of hydrogen-bond donors (Lipinski definition) is 0. The van der Waals surface area contributed by atoms with Gasteiger partial charge in [0.05, 0.1) is 24.1 Å². The molecule has 1 saturated carbocycles. The Kier molecular flexibility index (Phi) is 4.20. The zero-order valence-corrected chi connectivity index (χ0v) is 14.8. The Balaban J connectivity index is 2.06. The van der Waals surface area contributed by atoms with Crippen LogP contribution >= 0.6 is 11.6 Å². The third-order valence-electron chi connectivity index (χ3n) is 4.45. The molecule has 1 aliphatic rings. The molecule has 3 rings (SSSR count). The molecule has 5 nitrogen and oxygen atoms in total. The van der Waals surface area contributed by atoms with Crippen LogP contribution in [0.3, 0.4) is 0 Å². The molecule has 2 aromatic carbocycles. The molecule has 0 aromatic heterocycles. The van der Waals surface area contributed by atoms with E-state index < -0.39 is 26.4 Å². The van der Waals surface area contributed by atoms with Gasteiger partial charge in [-0.2, -0.15) is 10.5 Å². The summed E-state index contributed by atoms with van der Waals surface area (Å²) in [4.78, 5) is 0.0489. The molecule has 7 heteroatoms. The number of ether oxygens (including phenoxy) is 1. The molecule has 0 aliphatic heterocycles. The van der Waals surface area contributed by atoms with Crippen LogP contribution in [-0.2, 0) is 9.84 Å². The van der Waals surface area contributed by atoms with Crippen molar-refractivity contribution < 1.29 is 13.2 Å². The number of nitriles is 2. The smallest absolute Gasteiger partial charge is 0.184 e. The van der Waals surface area contributed by atoms with E-state index in [1.54, 1.807) is 24.3 Å². The van der Waals surface area contributed by atoms with E-state index in [0.717, 1.165) is 0 Å². The van der Waals surface area contributed by atoms with Crippen LogP contribution in [0.2, 0.25) is 5.02 Å². The van der Waals surface area contributed by atoms with E-state index in [1.807, 2.05) is 12.1 Å². The molecular formula is C18H13ClN2O3S. The molecule has 2 aromatic rings. The highest BCUT2D eigenvalue weighted by atomic mass is 35.5. The van der Waals surface area contributed by atoms with Crippen LogP contribution in [-0.4, -0.2) is 20.8 Å². The maximum absolute atomic E-state index is 13.0. The van der Waals surface area contributed by atoms with Crippen molar-refractivity contribution in [3.05, 3.63) is 59.1 Å². The van der Waals surface area contributed by atoms with Crippen molar-refractivity contribution in [2.75, 3.05) is 7.11 Å². The highest BCUT2D eigenvalue weighted by Crippen LogP contribution is 2.63.